The van der Waals surface area contributed by atoms with Gasteiger partial charge in [-0.2, -0.15) is 11.8 Å². The van der Waals surface area contributed by atoms with Gasteiger partial charge < -0.3 is 50.6 Å². The fraction of sp³-hybridized carbons (Fsp3) is 0.609. The number of nitrogens with one attached hydrogen (secondary N) is 3. The molecule has 226 valence electrons. The number of hydrogen-bond acceptors (Lipinski definition) is 13. The summed E-state index contributed by atoms with van der Waals surface area (Å²) in [5, 5.41) is 36.9. The molecule has 8 N–H and O–H groups in total. The lowest BCUT2D eigenvalue weighted by molar-refractivity contribution is -0.241. The van der Waals surface area contributed by atoms with Crippen LogP contribution >= 0.6 is 11.8 Å². The van der Waals surface area contributed by atoms with Crippen molar-refractivity contribution in [3.05, 3.63) is 44.9 Å². The number of H-pyrrole nitrogens is 1. The fourth-order valence-corrected chi connectivity index (χ4v) is 5.59. The van der Waals surface area contributed by atoms with Gasteiger partial charge in [0.05, 0.1) is 0 Å². The quantitative estimate of drug-likeness (QED) is 0.148. The molecule has 0 saturated carbocycles. The second-order valence-electron chi connectivity index (χ2n) is 9.63. The van der Waals surface area contributed by atoms with Gasteiger partial charge in [-0.15, -0.1) is 0 Å². The Labute approximate surface area is 236 Å². The van der Waals surface area contributed by atoms with Gasteiger partial charge in [0.25, 0.3) is 11.5 Å². The summed E-state index contributed by atoms with van der Waals surface area (Å²) in [4.78, 5) is 63.5. The summed E-state index contributed by atoms with van der Waals surface area (Å²) >= 11 is 1.45. The standard InChI is InChI=1S/C23H31N5O12S/c1-8-6-41-7-9(19(34)25-8)26-20(35)11-5-10(29)13(31)22(38-11)40-17(18(24)33)16-15(37-2)14(32)21(39-16)28-4-3-12(30)27-23(28)36/h3-5,8-10,13-17,21-22,29,31-32H,6-7H2,1-2H3,(H2,24,33)(H,25,34)(H,26,35)(H,27,30,36)/t8-,9-,10-,13+,14-,15+,16+,17+,21-,22+/m1/s1. The van der Waals surface area contributed by atoms with Crippen molar-refractivity contribution in [2.24, 2.45) is 5.73 Å². The number of ether oxygens (including phenoxy) is 4. The maximum atomic E-state index is 12.9. The summed E-state index contributed by atoms with van der Waals surface area (Å²) in [6, 6.07) is 0.00146. The van der Waals surface area contributed by atoms with E-state index in [1.807, 2.05) is 11.9 Å². The highest BCUT2D eigenvalue weighted by molar-refractivity contribution is 7.99. The largest absolute Gasteiger partial charge is 0.456 e. The highest BCUT2D eigenvalue weighted by Crippen LogP contribution is 2.34. The minimum absolute atomic E-state index is 0.102. The predicted octanol–water partition coefficient (Wildman–Crippen LogP) is -4.62. The zero-order valence-electron chi connectivity index (χ0n) is 21.9. The molecular weight excluding hydrogens is 570 g/mol. The Morgan fingerprint density at radius 3 is 2.61 bits per heavy atom. The Hall–Kier alpha value is -3.26. The molecule has 0 radical (unpaired) electrons. The average molecular weight is 602 g/mol. The van der Waals surface area contributed by atoms with E-state index >= 15 is 0 Å². The molecule has 17 nitrogen and oxygen atoms in total. The van der Waals surface area contributed by atoms with E-state index in [1.54, 1.807) is 0 Å². The molecule has 4 rings (SSSR count). The Bertz CT molecular complexity index is 1300. The van der Waals surface area contributed by atoms with Crippen molar-refractivity contribution in [2.75, 3.05) is 18.6 Å². The molecule has 4 heterocycles. The summed E-state index contributed by atoms with van der Waals surface area (Å²) < 4.78 is 22.9. The number of aromatic nitrogens is 2. The van der Waals surface area contributed by atoms with Crippen molar-refractivity contribution in [2.45, 2.75) is 68.1 Å². The lowest BCUT2D eigenvalue weighted by atomic mass is 10.0. The van der Waals surface area contributed by atoms with Crippen LogP contribution in [0.15, 0.2) is 33.7 Å². The number of hydrogen-bond donors (Lipinski definition) is 7. The molecule has 0 spiro atoms. The van der Waals surface area contributed by atoms with E-state index in [9.17, 15) is 39.3 Å². The van der Waals surface area contributed by atoms with Crippen molar-refractivity contribution in [3.63, 3.8) is 0 Å². The summed E-state index contributed by atoms with van der Waals surface area (Å²) in [6.07, 6.45) is -11.0. The molecule has 3 aliphatic rings. The van der Waals surface area contributed by atoms with Crippen molar-refractivity contribution in [3.8, 4) is 0 Å². The highest BCUT2D eigenvalue weighted by atomic mass is 32.2. The van der Waals surface area contributed by atoms with Crippen LogP contribution in [-0.4, -0.2) is 116 Å². The number of methoxy groups -OCH3 is 1. The molecule has 1 aromatic rings. The van der Waals surface area contributed by atoms with Crippen LogP contribution in [0.4, 0.5) is 0 Å². The van der Waals surface area contributed by atoms with Gasteiger partial charge in [0.1, 0.15) is 36.6 Å². The zero-order valence-corrected chi connectivity index (χ0v) is 22.7. The van der Waals surface area contributed by atoms with E-state index in [1.165, 1.54) is 18.9 Å². The van der Waals surface area contributed by atoms with Crippen LogP contribution < -0.4 is 27.6 Å². The molecule has 1 aromatic heterocycles. The van der Waals surface area contributed by atoms with E-state index in [-0.39, 0.29) is 11.8 Å². The first-order valence-corrected chi connectivity index (χ1v) is 13.6. The lowest BCUT2D eigenvalue weighted by Gasteiger charge is -2.35. The Balaban J connectivity index is 1.51. The van der Waals surface area contributed by atoms with Gasteiger partial charge in [-0.25, -0.2) is 4.79 Å². The third-order valence-electron chi connectivity index (χ3n) is 6.59. The number of thioether (sulfide) groups is 1. The smallest absolute Gasteiger partial charge is 0.330 e. The van der Waals surface area contributed by atoms with Gasteiger partial charge in [-0.1, -0.05) is 0 Å². The summed E-state index contributed by atoms with van der Waals surface area (Å²) in [5.74, 6) is -2.04. The van der Waals surface area contributed by atoms with Crippen LogP contribution in [0, 0.1) is 0 Å². The van der Waals surface area contributed by atoms with Gasteiger partial charge >= 0.3 is 5.69 Å². The van der Waals surface area contributed by atoms with Gasteiger partial charge in [0, 0.05) is 36.9 Å². The number of primary amides is 1. The molecule has 18 heteroatoms. The van der Waals surface area contributed by atoms with Crippen LogP contribution in [0.3, 0.4) is 0 Å². The summed E-state index contributed by atoms with van der Waals surface area (Å²) in [5.41, 5.74) is 3.92. The maximum absolute atomic E-state index is 12.9. The lowest BCUT2D eigenvalue weighted by Crippen LogP contribution is -2.54. The SMILES string of the molecule is CO[C@H]1[C@@H](O)[C@H](n2ccc(=O)[nH]c2=O)O[C@@H]1[C@H](O[C@@H]1OC(C(=O)N[C@@H]2CSC[C@@H](C)NC2=O)=C[C@@H](O)[C@@H]1O)C(N)=O. The molecule has 0 bridgehead atoms. The molecule has 41 heavy (non-hydrogen) atoms. The average Bonchev–Trinajstić information content (AvgIpc) is 3.14. The number of carbonyl (C=O) groups is 3. The Kier molecular flexibility index (Phi) is 9.52. The minimum atomic E-state index is -1.85. The number of aliphatic hydroxyl groups is 3. The molecule has 2 saturated heterocycles. The summed E-state index contributed by atoms with van der Waals surface area (Å²) in [7, 11) is 1.18. The van der Waals surface area contributed by atoms with Crippen LogP contribution in [-0.2, 0) is 33.3 Å². The highest BCUT2D eigenvalue weighted by Gasteiger charge is 2.52. The molecule has 0 aliphatic carbocycles. The second kappa shape index (κ2) is 12.7. The minimum Gasteiger partial charge on any atom is -0.456 e. The van der Waals surface area contributed by atoms with Crippen molar-refractivity contribution >= 4 is 29.5 Å². The first kappa shape index (κ1) is 30.7. The van der Waals surface area contributed by atoms with Crippen molar-refractivity contribution in [1.29, 1.82) is 0 Å². The number of nitrogens with zero attached hydrogens (tertiary/aromatic N) is 1. The van der Waals surface area contributed by atoms with Gasteiger partial charge in [-0.05, 0) is 13.0 Å². The normalized spacial score (nSPS) is 34.5. The number of carbonyl (C=O) groups excluding carboxylic acids is 3. The van der Waals surface area contributed by atoms with Crippen molar-refractivity contribution in [1.82, 2.24) is 20.2 Å². The Morgan fingerprint density at radius 1 is 1.22 bits per heavy atom. The molecule has 3 aliphatic heterocycles. The van der Waals surface area contributed by atoms with Gasteiger partial charge in [0.15, 0.2) is 18.1 Å². The van der Waals surface area contributed by atoms with Crippen LogP contribution in [0.25, 0.3) is 0 Å². The van der Waals surface area contributed by atoms with Crippen LogP contribution in [0.2, 0.25) is 0 Å². The topological polar surface area (TPSA) is 254 Å². The number of aliphatic hydroxyl groups excluding tert-OH is 3. The van der Waals surface area contributed by atoms with Gasteiger partial charge in [-0.3, -0.25) is 28.7 Å². The molecule has 10 atom stereocenters. The van der Waals surface area contributed by atoms with E-state index in [2.05, 4.69) is 10.6 Å². The van der Waals surface area contributed by atoms with Crippen LogP contribution in [0.5, 0.6) is 0 Å². The van der Waals surface area contributed by atoms with E-state index in [0.717, 1.165) is 22.9 Å². The number of nitrogens with two attached hydrogens (primary N) is 1. The molecule has 0 aromatic carbocycles. The van der Waals surface area contributed by atoms with E-state index in [0.29, 0.717) is 5.75 Å². The van der Waals surface area contributed by atoms with Gasteiger partial charge in [0.2, 0.25) is 18.1 Å². The third-order valence-corrected chi connectivity index (χ3v) is 7.89. The predicted molar refractivity (Wildman–Crippen MR) is 138 cm³/mol. The fourth-order valence-electron chi connectivity index (χ4n) is 4.55. The van der Waals surface area contributed by atoms with Crippen LogP contribution in [0.1, 0.15) is 13.2 Å². The van der Waals surface area contributed by atoms with E-state index < -0.39 is 89.9 Å². The third kappa shape index (κ3) is 6.64. The monoisotopic (exact) mass is 601 g/mol. The second-order valence-corrected chi connectivity index (χ2v) is 10.7. The summed E-state index contributed by atoms with van der Waals surface area (Å²) in [6.45, 7) is 1.82. The first-order chi connectivity index (χ1) is 19.4. The van der Waals surface area contributed by atoms with E-state index in [4.69, 9.17) is 24.7 Å². The molecular formula is C23H31N5O12S. The first-order valence-electron chi connectivity index (χ1n) is 12.5. The number of rotatable bonds is 8. The molecule has 3 amide bonds. The van der Waals surface area contributed by atoms with Crippen molar-refractivity contribution < 1.29 is 48.7 Å². The number of aromatic amines is 1. The zero-order chi connectivity index (χ0) is 30.0. The maximum Gasteiger partial charge on any atom is 0.330 e. The molecule has 2 fully saturated rings. The molecule has 0 unspecified atom stereocenters. The Morgan fingerprint density at radius 2 is 1.95 bits per heavy atom. The number of amides is 3.